The number of carboxylic acid groups (broad SMARTS) is 1. The van der Waals surface area contributed by atoms with Crippen molar-refractivity contribution in [3.8, 4) is 5.75 Å². The molecule has 0 amide bonds. The molecule has 21 heavy (non-hydrogen) atoms. The Morgan fingerprint density at radius 1 is 1.24 bits per heavy atom. The maximum Gasteiger partial charge on any atom is 0.573 e. The maximum absolute atomic E-state index is 12.1. The fraction of sp³-hybridized carbons (Fsp3) is 0.0833. The van der Waals surface area contributed by atoms with Crippen LogP contribution in [0.5, 0.6) is 5.75 Å². The third-order valence-electron chi connectivity index (χ3n) is 2.21. The number of carbonyl (C=O) groups is 1. The van der Waals surface area contributed by atoms with Gasteiger partial charge in [-0.25, -0.2) is 14.8 Å². The van der Waals surface area contributed by atoms with E-state index in [1.165, 1.54) is 12.1 Å². The Morgan fingerprint density at radius 3 is 2.57 bits per heavy atom. The van der Waals surface area contributed by atoms with Gasteiger partial charge in [0.05, 0.1) is 12.4 Å². The highest BCUT2D eigenvalue weighted by atomic mass is 19.4. The minimum absolute atomic E-state index is 0.184. The van der Waals surface area contributed by atoms with Gasteiger partial charge >= 0.3 is 12.3 Å². The zero-order valence-electron chi connectivity index (χ0n) is 10.3. The van der Waals surface area contributed by atoms with Crippen molar-refractivity contribution in [1.82, 2.24) is 9.97 Å². The van der Waals surface area contributed by atoms with Gasteiger partial charge < -0.3 is 15.2 Å². The van der Waals surface area contributed by atoms with E-state index in [4.69, 9.17) is 5.11 Å². The van der Waals surface area contributed by atoms with Crippen molar-refractivity contribution in [3.63, 3.8) is 0 Å². The van der Waals surface area contributed by atoms with Crippen LogP contribution in [0.1, 0.15) is 10.5 Å². The van der Waals surface area contributed by atoms with Crippen LogP contribution < -0.4 is 10.1 Å². The number of alkyl halides is 3. The zero-order valence-corrected chi connectivity index (χ0v) is 10.3. The van der Waals surface area contributed by atoms with Crippen molar-refractivity contribution in [2.75, 3.05) is 5.32 Å². The van der Waals surface area contributed by atoms with Gasteiger partial charge in [-0.2, -0.15) is 0 Å². The van der Waals surface area contributed by atoms with Gasteiger partial charge in [-0.05, 0) is 12.1 Å². The van der Waals surface area contributed by atoms with E-state index >= 15 is 0 Å². The summed E-state index contributed by atoms with van der Waals surface area (Å²) in [7, 11) is 0. The molecule has 0 saturated carbocycles. The monoisotopic (exact) mass is 299 g/mol. The van der Waals surface area contributed by atoms with Crippen LogP contribution in [0.2, 0.25) is 0 Å². The lowest BCUT2D eigenvalue weighted by Gasteiger charge is -2.10. The summed E-state index contributed by atoms with van der Waals surface area (Å²) >= 11 is 0. The molecular weight excluding hydrogens is 291 g/mol. The Kier molecular flexibility index (Phi) is 3.92. The molecule has 0 saturated heterocycles. The van der Waals surface area contributed by atoms with Crippen LogP contribution in [0.25, 0.3) is 0 Å². The Labute approximate surface area is 116 Å². The number of nitrogens with one attached hydrogen (secondary N) is 1. The molecule has 1 aromatic heterocycles. The number of halogens is 3. The number of aromatic nitrogens is 2. The predicted molar refractivity (Wildman–Crippen MR) is 65.4 cm³/mol. The molecule has 0 aliphatic heterocycles. The third kappa shape index (κ3) is 4.34. The highest BCUT2D eigenvalue weighted by Gasteiger charge is 2.31. The average Bonchev–Trinajstić information content (AvgIpc) is 2.37. The fourth-order valence-electron chi connectivity index (χ4n) is 1.42. The van der Waals surface area contributed by atoms with Crippen LogP contribution in [-0.2, 0) is 0 Å². The van der Waals surface area contributed by atoms with Crippen LogP contribution in [0.4, 0.5) is 24.7 Å². The summed E-state index contributed by atoms with van der Waals surface area (Å²) in [5.74, 6) is -1.43. The number of carboxylic acids is 1. The second-order valence-electron chi connectivity index (χ2n) is 3.79. The van der Waals surface area contributed by atoms with E-state index in [0.717, 1.165) is 24.5 Å². The van der Waals surface area contributed by atoms with Crippen LogP contribution >= 0.6 is 0 Å². The molecule has 2 N–H and O–H groups in total. The topological polar surface area (TPSA) is 84.3 Å². The Hall–Kier alpha value is -2.84. The van der Waals surface area contributed by atoms with E-state index in [2.05, 4.69) is 20.0 Å². The van der Waals surface area contributed by atoms with Gasteiger partial charge in [0.15, 0.2) is 5.69 Å². The number of nitrogens with zero attached hydrogens (tertiary/aromatic N) is 2. The maximum atomic E-state index is 12.1. The summed E-state index contributed by atoms with van der Waals surface area (Å²) in [6.07, 6.45) is -2.59. The van der Waals surface area contributed by atoms with Crippen LogP contribution in [0.3, 0.4) is 0 Å². The van der Waals surface area contributed by atoms with E-state index in [9.17, 15) is 18.0 Å². The van der Waals surface area contributed by atoms with Crippen molar-refractivity contribution in [2.24, 2.45) is 0 Å². The Bertz CT molecular complexity index is 644. The first-order valence-corrected chi connectivity index (χ1v) is 5.52. The summed E-state index contributed by atoms with van der Waals surface area (Å²) in [5.41, 5.74) is 0.0452. The van der Waals surface area contributed by atoms with Crippen molar-refractivity contribution >= 4 is 17.5 Å². The number of rotatable bonds is 4. The smallest absolute Gasteiger partial charge is 0.476 e. The van der Waals surface area contributed by atoms with Gasteiger partial charge in [0.2, 0.25) is 0 Å². The van der Waals surface area contributed by atoms with Crippen molar-refractivity contribution in [3.05, 3.63) is 42.4 Å². The lowest BCUT2D eigenvalue weighted by atomic mass is 10.3. The highest BCUT2D eigenvalue weighted by Crippen LogP contribution is 2.26. The largest absolute Gasteiger partial charge is 0.573 e. The fourth-order valence-corrected chi connectivity index (χ4v) is 1.42. The van der Waals surface area contributed by atoms with Gasteiger partial charge in [0.25, 0.3) is 0 Å². The first-order chi connectivity index (χ1) is 9.83. The molecular formula is C12H8F3N3O3. The quantitative estimate of drug-likeness (QED) is 0.903. The number of anilines is 2. The van der Waals surface area contributed by atoms with E-state index < -0.39 is 12.3 Å². The molecule has 0 bridgehead atoms. The zero-order chi connectivity index (χ0) is 15.5. The minimum Gasteiger partial charge on any atom is -0.476 e. The number of benzene rings is 1. The first-order valence-electron chi connectivity index (χ1n) is 5.52. The average molecular weight is 299 g/mol. The molecule has 0 fully saturated rings. The van der Waals surface area contributed by atoms with Gasteiger partial charge in [-0.15, -0.1) is 13.2 Å². The van der Waals surface area contributed by atoms with E-state index in [1.54, 1.807) is 0 Å². The van der Waals surface area contributed by atoms with Crippen molar-refractivity contribution in [1.29, 1.82) is 0 Å². The molecule has 0 aliphatic carbocycles. The summed E-state index contributed by atoms with van der Waals surface area (Å²) in [4.78, 5) is 18.0. The normalized spacial score (nSPS) is 11.0. The third-order valence-corrected chi connectivity index (χ3v) is 2.21. The van der Waals surface area contributed by atoms with E-state index in [0.29, 0.717) is 0 Å². The molecule has 0 atom stereocenters. The van der Waals surface area contributed by atoms with E-state index in [-0.39, 0.29) is 22.9 Å². The van der Waals surface area contributed by atoms with Gasteiger partial charge in [-0.3, -0.25) is 0 Å². The predicted octanol–water partition coefficient (Wildman–Crippen LogP) is 2.82. The Balaban J connectivity index is 2.12. The molecule has 1 aromatic carbocycles. The minimum atomic E-state index is -4.78. The summed E-state index contributed by atoms with van der Waals surface area (Å²) in [5, 5.41) is 11.3. The SMILES string of the molecule is O=C(O)c1cnc(Nc2cccc(OC(F)(F)F)c2)cn1. The van der Waals surface area contributed by atoms with E-state index in [1.807, 2.05) is 0 Å². The summed E-state index contributed by atoms with van der Waals surface area (Å²) in [6.45, 7) is 0. The van der Waals surface area contributed by atoms with Gasteiger partial charge in [0.1, 0.15) is 11.6 Å². The van der Waals surface area contributed by atoms with Gasteiger partial charge in [0, 0.05) is 11.8 Å². The molecule has 2 aromatic rings. The molecule has 0 radical (unpaired) electrons. The standard InChI is InChI=1S/C12H8F3N3O3/c13-12(14,15)21-8-3-1-2-7(4-8)18-10-6-16-9(5-17-10)11(19)20/h1-6H,(H,17,18)(H,19,20). The Morgan fingerprint density at radius 2 is 2.00 bits per heavy atom. The molecule has 0 unspecified atom stereocenters. The number of hydrogen-bond donors (Lipinski definition) is 2. The van der Waals surface area contributed by atoms with Crippen molar-refractivity contribution in [2.45, 2.75) is 6.36 Å². The summed E-state index contributed by atoms with van der Waals surface area (Å²) < 4.78 is 40.1. The lowest BCUT2D eigenvalue weighted by molar-refractivity contribution is -0.274. The molecule has 2 rings (SSSR count). The molecule has 1 heterocycles. The highest BCUT2D eigenvalue weighted by molar-refractivity contribution is 5.85. The molecule has 9 heteroatoms. The number of aromatic carboxylic acids is 1. The van der Waals surface area contributed by atoms with Crippen LogP contribution in [0.15, 0.2) is 36.7 Å². The van der Waals surface area contributed by atoms with Gasteiger partial charge in [-0.1, -0.05) is 6.07 Å². The molecule has 0 spiro atoms. The number of hydrogen-bond acceptors (Lipinski definition) is 5. The van der Waals surface area contributed by atoms with Crippen molar-refractivity contribution < 1.29 is 27.8 Å². The lowest BCUT2D eigenvalue weighted by Crippen LogP contribution is -2.17. The number of ether oxygens (including phenoxy) is 1. The first kappa shape index (κ1) is 14.6. The van der Waals surface area contributed by atoms with Crippen LogP contribution in [0, 0.1) is 0 Å². The second kappa shape index (κ2) is 5.65. The second-order valence-corrected chi connectivity index (χ2v) is 3.79. The molecule has 110 valence electrons. The van der Waals surface area contributed by atoms with Crippen LogP contribution in [-0.4, -0.2) is 27.4 Å². The molecule has 0 aliphatic rings. The molecule has 6 nitrogen and oxygen atoms in total. The summed E-state index contributed by atoms with van der Waals surface area (Å²) in [6, 6.07) is 5.14.